The lowest BCUT2D eigenvalue weighted by Gasteiger charge is -2.29. The molecule has 0 saturated heterocycles. The quantitative estimate of drug-likeness (QED) is 0.699. The highest BCUT2D eigenvalue weighted by Crippen LogP contribution is 2.34. The molecule has 3 aromatic rings. The molecule has 0 bridgehead atoms. The van der Waals surface area contributed by atoms with Crippen molar-refractivity contribution in [1.29, 1.82) is 0 Å². The molecule has 0 spiro atoms. The van der Waals surface area contributed by atoms with Crippen molar-refractivity contribution in [2.24, 2.45) is 0 Å². The van der Waals surface area contributed by atoms with Gasteiger partial charge in [-0.1, -0.05) is 12.1 Å². The Labute approximate surface area is 170 Å². The van der Waals surface area contributed by atoms with Crippen molar-refractivity contribution in [1.82, 2.24) is 14.9 Å². The average molecular weight is 414 g/mol. The second-order valence-electron chi connectivity index (χ2n) is 6.82. The number of nitrogens with two attached hydrogens (primary N) is 1. The number of carbonyl (C=O) groups excluding carboxylic acids is 1. The van der Waals surface area contributed by atoms with Gasteiger partial charge in [-0.05, 0) is 42.3 Å². The lowest BCUT2D eigenvalue weighted by molar-refractivity contribution is -0.137. The van der Waals surface area contributed by atoms with Crippen molar-refractivity contribution in [3.05, 3.63) is 77.2 Å². The zero-order valence-corrected chi connectivity index (χ0v) is 15.7. The van der Waals surface area contributed by atoms with Crippen LogP contribution in [0.3, 0.4) is 0 Å². The smallest absolute Gasteiger partial charge is 0.416 e. The van der Waals surface area contributed by atoms with E-state index in [4.69, 9.17) is 10.5 Å². The minimum atomic E-state index is -4.39. The van der Waals surface area contributed by atoms with Crippen molar-refractivity contribution in [2.45, 2.75) is 19.1 Å². The van der Waals surface area contributed by atoms with Gasteiger partial charge in [0.25, 0.3) is 5.91 Å². The highest BCUT2D eigenvalue weighted by molar-refractivity contribution is 5.92. The first kappa shape index (κ1) is 19.7. The van der Waals surface area contributed by atoms with Gasteiger partial charge in [-0.15, -0.1) is 0 Å². The highest BCUT2D eigenvalue weighted by Gasteiger charge is 2.30. The Morgan fingerprint density at radius 1 is 1.10 bits per heavy atom. The molecule has 0 atom stereocenters. The summed E-state index contributed by atoms with van der Waals surface area (Å²) in [7, 11) is 0. The van der Waals surface area contributed by atoms with Crippen LogP contribution < -0.4 is 10.5 Å². The fourth-order valence-corrected chi connectivity index (χ4v) is 3.33. The third kappa shape index (κ3) is 4.05. The molecule has 1 amide bonds. The fourth-order valence-electron chi connectivity index (χ4n) is 3.33. The number of hydrogen-bond donors (Lipinski definition) is 1. The first-order valence-corrected chi connectivity index (χ1v) is 9.14. The van der Waals surface area contributed by atoms with Crippen molar-refractivity contribution < 1.29 is 22.7 Å². The van der Waals surface area contributed by atoms with Gasteiger partial charge in [0.05, 0.1) is 18.0 Å². The summed E-state index contributed by atoms with van der Waals surface area (Å²) in [5, 5.41) is 0. The van der Waals surface area contributed by atoms with E-state index in [0.717, 1.165) is 23.3 Å². The summed E-state index contributed by atoms with van der Waals surface area (Å²) in [6.45, 7) is 0.796. The van der Waals surface area contributed by atoms with Gasteiger partial charge < -0.3 is 15.4 Å². The van der Waals surface area contributed by atoms with Gasteiger partial charge in [0, 0.05) is 18.7 Å². The third-order valence-corrected chi connectivity index (χ3v) is 4.79. The van der Waals surface area contributed by atoms with Crippen LogP contribution in [0.15, 0.2) is 54.9 Å². The van der Waals surface area contributed by atoms with Gasteiger partial charge >= 0.3 is 6.18 Å². The number of rotatable bonds is 3. The molecule has 0 unspecified atom stereocenters. The van der Waals surface area contributed by atoms with E-state index in [9.17, 15) is 18.0 Å². The van der Waals surface area contributed by atoms with Crippen LogP contribution >= 0.6 is 0 Å². The minimum absolute atomic E-state index is 0.172. The number of ether oxygens (including phenoxy) is 1. The second-order valence-corrected chi connectivity index (χ2v) is 6.82. The van der Waals surface area contributed by atoms with E-state index >= 15 is 0 Å². The second kappa shape index (κ2) is 7.66. The maximum atomic E-state index is 12.7. The molecule has 4 rings (SSSR count). The van der Waals surface area contributed by atoms with Gasteiger partial charge in [-0.3, -0.25) is 9.78 Å². The third-order valence-electron chi connectivity index (χ3n) is 4.79. The molecule has 30 heavy (non-hydrogen) atoms. The molecule has 0 saturated carbocycles. The molecular weight excluding hydrogens is 397 g/mol. The topological polar surface area (TPSA) is 81.3 Å². The Bertz CT molecular complexity index is 1080. The molecule has 1 aliphatic heterocycles. The molecular formula is C21H17F3N4O2. The SMILES string of the molecule is Nc1cncc(C(=O)N2CCc3c(cccc3Oc3ccc(C(F)(F)F)cc3)C2)n1. The van der Waals surface area contributed by atoms with Gasteiger partial charge in [-0.2, -0.15) is 13.2 Å². The summed E-state index contributed by atoms with van der Waals surface area (Å²) in [6, 6.07) is 9.98. The maximum absolute atomic E-state index is 12.7. The van der Waals surface area contributed by atoms with E-state index in [-0.39, 0.29) is 17.4 Å². The number of anilines is 1. The highest BCUT2D eigenvalue weighted by atomic mass is 19.4. The summed E-state index contributed by atoms with van der Waals surface area (Å²) in [5.74, 6) is 0.771. The summed E-state index contributed by atoms with van der Waals surface area (Å²) < 4.78 is 44.0. The van der Waals surface area contributed by atoms with E-state index in [0.29, 0.717) is 31.0 Å². The van der Waals surface area contributed by atoms with Crippen LogP contribution in [0.2, 0.25) is 0 Å². The van der Waals surface area contributed by atoms with Gasteiger partial charge in [-0.25, -0.2) is 4.98 Å². The van der Waals surface area contributed by atoms with E-state index in [1.807, 2.05) is 6.07 Å². The molecule has 0 aliphatic carbocycles. The number of amides is 1. The van der Waals surface area contributed by atoms with E-state index in [2.05, 4.69) is 9.97 Å². The first-order valence-electron chi connectivity index (χ1n) is 9.14. The number of alkyl halides is 3. The maximum Gasteiger partial charge on any atom is 0.416 e. The van der Waals surface area contributed by atoms with E-state index in [1.54, 1.807) is 17.0 Å². The lowest BCUT2D eigenvalue weighted by atomic mass is 9.98. The number of hydrogen-bond acceptors (Lipinski definition) is 5. The molecule has 2 heterocycles. The molecule has 1 aliphatic rings. The molecule has 2 N–H and O–H groups in total. The van der Waals surface area contributed by atoms with Crippen LogP contribution in [-0.4, -0.2) is 27.3 Å². The first-order chi connectivity index (χ1) is 14.3. The Morgan fingerprint density at radius 2 is 1.87 bits per heavy atom. The number of benzene rings is 2. The molecule has 154 valence electrons. The predicted octanol–water partition coefficient (Wildman–Crippen LogP) is 4.07. The van der Waals surface area contributed by atoms with E-state index in [1.165, 1.54) is 24.5 Å². The molecule has 9 heteroatoms. The minimum Gasteiger partial charge on any atom is -0.457 e. The Balaban J connectivity index is 1.52. The number of halogens is 3. The molecule has 0 radical (unpaired) electrons. The summed E-state index contributed by atoms with van der Waals surface area (Å²) in [4.78, 5) is 22.3. The summed E-state index contributed by atoms with van der Waals surface area (Å²) in [6.07, 6.45) is -1.12. The van der Waals surface area contributed by atoms with Gasteiger partial charge in [0.1, 0.15) is 23.0 Å². The van der Waals surface area contributed by atoms with Crippen LogP contribution in [0.25, 0.3) is 0 Å². The van der Waals surface area contributed by atoms with Crippen LogP contribution in [0.4, 0.5) is 19.0 Å². The predicted molar refractivity (Wildman–Crippen MR) is 103 cm³/mol. The molecule has 0 fully saturated rings. The van der Waals surface area contributed by atoms with Crippen LogP contribution in [0, 0.1) is 0 Å². The van der Waals surface area contributed by atoms with Crippen LogP contribution in [0.5, 0.6) is 11.5 Å². The van der Waals surface area contributed by atoms with Crippen LogP contribution in [0.1, 0.15) is 27.2 Å². The van der Waals surface area contributed by atoms with Crippen molar-refractivity contribution in [3.8, 4) is 11.5 Å². The Morgan fingerprint density at radius 3 is 2.57 bits per heavy atom. The van der Waals surface area contributed by atoms with E-state index < -0.39 is 11.7 Å². The van der Waals surface area contributed by atoms with Crippen molar-refractivity contribution in [3.63, 3.8) is 0 Å². The van der Waals surface area contributed by atoms with Crippen molar-refractivity contribution >= 4 is 11.7 Å². The monoisotopic (exact) mass is 414 g/mol. The lowest BCUT2D eigenvalue weighted by Crippen LogP contribution is -2.36. The molecule has 2 aromatic carbocycles. The molecule has 1 aromatic heterocycles. The van der Waals surface area contributed by atoms with Crippen LogP contribution in [-0.2, 0) is 19.1 Å². The largest absolute Gasteiger partial charge is 0.457 e. The number of nitrogens with zero attached hydrogens (tertiary/aromatic N) is 3. The summed E-state index contributed by atoms with van der Waals surface area (Å²) in [5.41, 5.74) is 6.87. The summed E-state index contributed by atoms with van der Waals surface area (Å²) >= 11 is 0. The Kier molecular flexibility index (Phi) is 5.03. The molecule has 6 nitrogen and oxygen atoms in total. The number of nitrogen functional groups attached to an aromatic ring is 1. The fraction of sp³-hybridized carbons (Fsp3) is 0.190. The average Bonchev–Trinajstić information content (AvgIpc) is 2.73. The van der Waals surface area contributed by atoms with Gasteiger partial charge in [0.2, 0.25) is 0 Å². The number of fused-ring (bicyclic) bond motifs is 1. The zero-order chi connectivity index (χ0) is 21.3. The number of carbonyl (C=O) groups is 1. The van der Waals surface area contributed by atoms with Gasteiger partial charge in [0.15, 0.2) is 0 Å². The Hall–Kier alpha value is -3.62. The normalized spacial score (nSPS) is 13.6. The zero-order valence-electron chi connectivity index (χ0n) is 15.7. The standard InChI is InChI=1S/C21H17F3N4O2/c22-21(23,24)14-4-6-15(7-5-14)30-18-3-1-2-13-12-28(9-8-16(13)18)20(29)17-10-26-11-19(25)27-17/h1-7,10-11H,8-9,12H2,(H2,25,27). The number of aromatic nitrogens is 2. The van der Waals surface area contributed by atoms with Crippen molar-refractivity contribution in [2.75, 3.05) is 12.3 Å².